The quantitative estimate of drug-likeness (QED) is 0.172. The fraction of sp³-hybridized carbons (Fsp3) is 0.0233. The normalized spacial score (nSPS) is 13.7. The molecule has 4 aliphatic rings. The molecule has 0 unspecified atom stereocenters. The van der Waals surface area contributed by atoms with Crippen LogP contribution in [0.5, 0.6) is 0 Å². The second-order valence-electron chi connectivity index (χ2n) is 24.6. The molecule has 0 aliphatic heterocycles. The number of nitrogens with zero attached hydrogens (tertiary/aromatic N) is 4. The highest BCUT2D eigenvalue weighted by Gasteiger charge is 2.55. The summed E-state index contributed by atoms with van der Waals surface area (Å²) in [7, 11) is 0. The molecule has 20 rings (SSSR count). The predicted octanol–water partition coefficient (Wildman–Crippen LogP) is 20.9. The molecule has 414 valence electrons. The molecule has 0 bridgehead atoms. The third-order valence-corrected chi connectivity index (χ3v) is 20.5. The molecule has 0 atom stereocenters. The number of aromatic nitrogens is 4. The number of hydrogen-bond donors (Lipinski definition) is 0. The van der Waals surface area contributed by atoms with Crippen molar-refractivity contribution < 1.29 is 0 Å². The average Bonchev–Trinajstić information content (AvgIpc) is 1.54. The zero-order chi connectivity index (χ0) is 58.8. The van der Waals surface area contributed by atoms with E-state index in [4.69, 9.17) is 15.0 Å². The lowest BCUT2D eigenvalue weighted by Crippen LogP contribution is -2.26. The third-order valence-electron chi connectivity index (χ3n) is 20.5. The standard InChI is InChI=1S/C86H50N4/c1-2-15-60-51(14-1)27-36-69-70-37-31-56-47-53(29-35-62(56)82(70)85(81(60)69)73-22-7-3-16-64(73)65-17-4-8-23-74(65)85)57-32-41-78(89-49-57)79-42-33-58(50-90-79)59-20-13-21-68-63(59)39-40-72-71-38-30-55-46-52(54-43-45-88-80(48-54)77-26-11-12-44-87-77)28-34-61(55)83(71)86(84(68)72)75-24-9-5-18-66(75)67-19-6-10-25-76(67)86/h1-50H. The van der Waals surface area contributed by atoms with Crippen LogP contribution in [0.25, 0.3) is 144 Å². The zero-order valence-corrected chi connectivity index (χ0v) is 48.7. The van der Waals surface area contributed by atoms with Gasteiger partial charge in [0, 0.05) is 35.9 Å². The summed E-state index contributed by atoms with van der Waals surface area (Å²) in [6, 6.07) is 104. The van der Waals surface area contributed by atoms with E-state index in [0.717, 1.165) is 56.2 Å². The van der Waals surface area contributed by atoms with E-state index in [1.165, 1.54) is 132 Å². The Hall–Kier alpha value is -11.7. The molecule has 0 amide bonds. The van der Waals surface area contributed by atoms with Gasteiger partial charge >= 0.3 is 0 Å². The minimum Gasteiger partial charge on any atom is -0.255 e. The minimum atomic E-state index is -0.576. The van der Waals surface area contributed by atoms with Crippen LogP contribution in [0.2, 0.25) is 0 Å². The van der Waals surface area contributed by atoms with Crippen LogP contribution in [0.3, 0.4) is 0 Å². The van der Waals surface area contributed by atoms with Gasteiger partial charge in [-0.15, -0.1) is 0 Å². The molecule has 0 radical (unpaired) electrons. The fourth-order valence-corrected chi connectivity index (χ4v) is 16.9. The monoisotopic (exact) mass is 1140 g/mol. The van der Waals surface area contributed by atoms with Gasteiger partial charge in [-0.05, 0) is 203 Å². The Kier molecular flexibility index (Phi) is 10.1. The van der Waals surface area contributed by atoms with Crippen LogP contribution in [-0.4, -0.2) is 19.9 Å². The number of rotatable bonds is 5. The smallest absolute Gasteiger partial charge is 0.0892 e. The summed E-state index contributed by atoms with van der Waals surface area (Å²) in [6.45, 7) is 0. The second kappa shape index (κ2) is 18.4. The van der Waals surface area contributed by atoms with E-state index in [0.29, 0.717) is 0 Å². The van der Waals surface area contributed by atoms with E-state index in [-0.39, 0.29) is 0 Å². The van der Waals surface area contributed by atoms with Gasteiger partial charge in [-0.3, -0.25) is 19.9 Å². The molecule has 0 N–H and O–H groups in total. The van der Waals surface area contributed by atoms with E-state index in [1.807, 2.05) is 43.0 Å². The van der Waals surface area contributed by atoms with Crippen molar-refractivity contribution in [3.05, 3.63) is 348 Å². The molecule has 12 aromatic carbocycles. The lowest BCUT2D eigenvalue weighted by atomic mass is 9.68. The van der Waals surface area contributed by atoms with Gasteiger partial charge in [-0.2, -0.15) is 0 Å². The molecule has 4 heterocycles. The molecule has 4 heteroatoms. The van der Waals surface area contributed by atoms with Crippen molar-refractivity contribution in [3.8, 4) is 101 Å². The van der Waals surface area contributed by atoms with Gasteiger partial charge in [0.05, 0.1) is 33.6 Å². The van der Waals surface area contributed by atoms with Gasteiger partial charge < -0.3 is 0 Å². The molecular formula is C86H50N4. The van der Waals surface area contributed by atoms with Crippen LogP contribution < -0.4 is 0 Å². The van der Waals surface area contributed by atoms with E-state index in [2.05, 4.69) is 266 Å². The molecule has 16 aromatic rings. The van der Waals surface area contributed by atoms with E-state index >= 15 is 0 Å². The first kappa shape index (κ1) is 49.4. The summed E-state index contributed by atoms with van der Waals surface area (Å²) in [5.41, 5.74) is 30.1. The summed E-state index contributed by atoms with van der Waals surface area (Å²) in [4.78, 5) is 19.6. The first-order chi connectivity index (χ1) is 44.6. The highest BCUT2D eigenvalue weighted by atomic mass is 14.8. The Morgan fingerprint density at radius 3 is 1.17 bits per heavy atom. The predicted molar refractivity (Wildman–Crippen MR) is 367 cm³/mol. The van der Waals surface area contributed by atoms with Gasteiger partial charge in [0.1, 0.15) is 0 Å². The molecule has 0 saturated heterocycles. The highest BCUT2D eigenvalue weighted by Crippen LogP contribution is 2.67. The minimum absolute atomic E-state index is 0.471. The zero-order valence-electron chi connectivity index (χ0n) is 48.7. The Morgan fingerprint density at radius 2 is 0.611 bits per heavy atom. The van der Waals surface area contributed by atoms with Gasteiger partial charge in [0.25, 0.3) is 0 Å². The van der Waals surface area contributed by atoms with Crippen LogP contribution in [0.4, 0.5) is 0 Å². The third kappa shape index (κ3) is 6.53. The van der Waals surface area contributed by atoms with Crippen LogP contribution in [0, 0.1) is 0 Å². The van der Waals surface area contributed by atoms with E-state index < -0.39 is 10.8 Å². The maximum atomic E-state index is 5.16. The van der Waals surface area contributed by atoms with Crippen molar-refractivity contribution in [2.45, 2.75) is 10.8 Å². The van der Waals surface area contributed by atoms with Crippen LogP contribution in [-0.2, 0) is 10.8 Å². The van der Waals surface area contributed by atoms with Crippen molar-refractivity contribution in [3.63, 3.8) is 0 Å². The molecule has 0 fully saturated rings. The number of benzene rings is 12. The van der Waals surface area contributed by atoms with Crippen molar-refractivity contribution in [1.29, 1.82) is 0 Å². The first-order valence-electron chi connectivity index (χ1n) is 31.1. The van der Waals surface area contributed by atoms with Crippen molar-refractivity contribution >= 4 is 43.1 Å². The first-order valence-corrected chi connectivity index (χ1v) is 31.1. The van der Waals surface area contributed by atoms with Crippen molar-refractivity contribution in [1.82, 2.24) is 19.9 Å². The van der Waals surface area contributed by atoms with Crippen molar-refractivity contribution in [2.24, 2.45) is 0 Å². The molecule has 90 heavy (non-hydrogen) atoms. The molecular weight excluding hydrogens is 1090 g/mol. The van der Waals surface area contributed by atoms with Gasteiger partial charge in [0.15, 0.2) is 0 Å². The van der Waals surface area contributed by atoms with Crippen LogP contribution >= 0.6 is 0 Å². The molecule has 4 aromatic heterocycles. The maximum absolute atomic E-state index is 5.16. The topological polar surface area (TPSA) is 51.6 Å². The van der Waals surface area contributed by atoms with Crippen molar-refractivity contribution in [2.75, 3.05) is 0 Å². The summed E-state index contributed by atoms with van der Waals surface area (Å²) in [5.74, 6) is 0. The highest BCUT2D eigenvalue weighted by molar-refractivity contribution is 6.13. The lowest BCUT2D eigenvalue weighted by molar-refractivity contribution is 0.809. The van der Waals surface area contributed by atoms with Gasteiger partial charge in [0.2, 0.25) is 0 Å². The molecule has 0 saturated carbocycles. The fourth-order valence-electron chi connectivity index (χ4n) is 16.9. The van der Waals surface area contributed by atoms with Crippen LogP contribution in [0.15, 0.2) is 304 Å². The number of fused-ring (bicyclic) bond motifs is 28. The summed E-state index contributed by atoms with van der Waals surface area (Å²) in [5, 5.41) is 9.93. The van der Waals surface area contributed by atoms with Gasteiger partial charge in [-0.25, -0.2) is 0 Å². The lowest BCUT2D eigenvalue weighted by Gasteiger charge is -2.32. The second-order valence-corrected chi connectivity index (χ2v) is 24.6. The average molecular weight is 1140 g/mol. The van der Waals surface area contributed by atoms with Crippen LogP contribution in [0.1, 0.15) is 44.5 Å². The summed E-state index contributed by atoms with van der Waals surface area (Å²) in [6.07, 6.45) is 7.75. The van der Waals surface area contributed by atoms with E-state index in [1.54, 1.807) is 0 Å². The Labute approximate surface area is 519 Å². The Balaban J connectivity index is 0.664. The number of hydrogen-bond acceptors (Lipinski definition) is 4. The molecule has 4 aliphatic carbocycles. The largest absolute Gasteiger partial charge is 0.255 e. The van der Waals surface area contributed by atoms with E-state index in [9.17, 15) is 0 Å². The Morgan fingerprint density at radius 1 is 0.200 bits per heavy atom. The maximum Gasteiger partial charge on any atom is 0.0892 e. The molecule has 2 spiro atoms. The SMILES string of the molecule is c1ccc(-c2cc(-c3ccc4c5c(ccc4c3)-c3ccc4c(-c6ccc(-c7ccc(-c8ccc9c%10c(ccc9c8)-c8ccc9ccccc9c8C%108c9ccccc9-c9ccccc98)cn7)nc6)cccc4c3C53c4ccccc4-c4ccccc43)ccn2)nc1. The summed E-state index contributed by atoms with van der Waals surface area (Å²) < 4.78 is 0. The number of pyridine rings is 4. The van der Waals surface area contributed by atoms with Gasteiger partial charge in [-0.1, -0.05) is 231 Å². The molecule has 4 nitrogen and oxygen atoms in total. The summed E-state index contributed by atoms with van der Waals surface area (Å²) >= 11 is 0. The Bertz CT molecular complexity index is 5690.